The topological polar surface area (TPSA) is 0 Å². The molecule has 0 unspecified atom stereocenters. The first kappa shape index (κ1) is 16.3. The fourth-order valence-electron chi connectivity index (χ4n) is 4.73. The molecule has 20 heavy (non-hydrogen) atoms. The van der Waals surface area contributed by atoms with Crippen molar-refractivity contribution in [2.75, 3.05) is 0 Å². The summed E-state index contributed by atoms with van der Waals surface area (Å²) < 4.78 is 14.7. The molecular weight excluding hydrogens is 247 g/mol. The van der Waals surface area contributed by atoms with Crippen molar-refractivity contribution >= 4 is 0 Å². The smallest absolute Gasteiger partial charge is 0.111 e. The van der Waals surface area contributed by atoms with E-state index in [1.807, 2.05) is 0 Å². The summed E-state index contributed by atoms with van der Waals surface area (Å²) in [6.45, 7) is 4.48. The lowest BCUT2D eigenvalue weighted by atomic mass is 9.67. The number of hydrogen-bond acceptors (Lipinski definition) is 0. The standard InChI is InChI=1S/C19H35F/c1-3-5-13-19(20)14-11-18(12-15-19)17-9-7-16(6-4-2)8-10-17/h16-18H,3-15H2,1-2H3. The maximum absolute atomic E-state index is 14.7. The van der Waals surface area contributed by atoms with Gasteiger partial charge in [0.2, 0.25) is 0 Å². The summed E-state index contributed by atoms with van der Waals surface area (Å²) in [4.78, 5) is 0. The van der Waals surface area contributed by atoms with Gasteiger partial charge in [0, 0.05) is 0 Å². The van der Waals surface area contributed by atoms with E-state index in [0.29, 0.717) is 0 Å². The van der Waals surface area contributed by atoms with Gasteiger partial charge in [-0.05, 0) is 62.7 Å². The molecule has 1 heteroatoms. The third kappa shape index (κ3) is 4.46. The predicted octanol–water partition coefficient (Wildman–Crippen LogP) is 6.68. The molecule has 0 aromatic carbocycles. The second-order valence-electron chi connectivity index (χ2n) is 7.66. The van der Waals surface area contributed by atoms with Crippen molar-refractivity contribution in [3.05, 3.63) is 0 Å². The summed E-state index contributed by atoms with van der Waals surface area (Å²) in [5.74, 6) is 2.78. The van der Waals surface area contributed by atoms with Crippen molar-refractivity contribution in [3.8, 4) is 0 Å². The Bertz CT molecular complexity index is 257. The predicted molar refractivity (Wildman–Crippen MR) is 85.7 cm³/mol. The highest BCUT2D eigenvalue weighted by Gasteiger charge is 2.37. The fourth-order valence-corrected chi connectivity index (χ4v) is 4.73. The molecule has 2 aliphatic rings. The molecule has 0 bridgehead atoms. The Morgan fingerprint density at radius 2 is 1.45 bits per heavy atom. The molecule has 0 spiro atoms. The van der Waals surface area contributed by atoms with Gasteiger partial charge in [-0.3, -0.25) is 0 Å². The fraction of sp³-hybridized carbons (Fsp3) is 1.00. The molecule has 2 aliphatic carbocycles. The summed E-state index contributed by atoms with van der Waals surface area (Å²) >= 11 is 0. The Kier molecular flexibility index (Phi) is 6.36. The summed E-state index contributed by atoms with van der Waals surface area (Å²) in [6.07, 6.45) is 15.6. The molecule has 0 aliphatic heterocycles. The van der Waals surface area contributed by atoms with Gasteiger partial charge in [0.25, 0.3) is 0 Å². The second-order valence-corrected chi connectivity index (χ2v) is 7.66. The molecule has 0 nitrogen and oxygen atoms in total. The van der Waals surface area contributed by atoms with E-state index in [1.54, 1.807) is 0 Å². The SMILES string of the molecule is CCCCC1(F)CCC(C2CCC(CCC)CC2)CC1. The molecule has 0 atom stereocenters. The minimum absolute atomic E-state index is 0.800. The van der Waals surface area contributed by atoms with Crippen LogP contribution in [-0.2, 0) is 0 Å². The minimum Gasteiger partial charge on any atom is -0.244 e. The Morgan fingerprint density at radius 3 is 2.00 bits per heavy atom. The van der Waals surface area contributed by atoms with Crippen molar-refractivity contribution in [2.24, 2.45) is 17.8 Å². The van der Waals surface area contributed by atoms with Crippen LogP contribution >= 0.6 is 0 Å². The van der Waals surface area contributed by atoms with Crippen LogP contribution in [0.5, 0.6) is 0 Å². The van der Waals surface area contributed by atoms with Crippen molar-refractivity contribution in [1.82, 2.24) is 0 Å². The lowest BCUT2D eigenvalue weighted by molar-refractivity contribution is 0.0459. The van der Waals surface area contributed by atoms with Gasteiger partial charge >= 0.3 is 0 Å². The van der Waals surface area contributed by atoms with Gasteiger partial charge in [0.1, 0.15) is 5.67 Å². The normalized spacial score (nSPS) is 38.9. The first-order valence-electron chi connectivity index (χ1n) is 9.35. The van der Waals surface area contributed by atoms with Crippen LogP contribution < -0.4 is 0 Å². The van der Waals surface area contributed by atoms with Gasteiger partial charge in [0.05, 0.1) is 0 Å². The molecule has 0 radical (unpaired) electrons. The molecular formula is C19H35F. The number of rotatable bonds is 6. The highest BCUT2D eigenvalue weighted by atomic mass is 19.1. The van der Waals surface area contributed by atoms with Crippen molar-refractivity contribution in [3.63, 3.8) is 0 Å². The van der Waals surface area contributed by atoms with Gasteiger partial charge < -0.3 is 0 Å². The zero-order valence-corrected chi connectivity index (χ0v) is 13.8. The molecule has 0 aromatic heterocycles. The lowest BCUT2D eigenvalue weighted by Crippen LogP contribution is -2.33. The second kappa shape index (κ2) is 7.80. The van der Waals surface area contributed by atoms with Gasteiger partial charge in [0.15, 0.2) is 0 Å². The first-order chi connectivity index (χ1) is 9.67. The highest BCUT2D eigenvalue weighted by Crippen LogP contribution is 2.45. The number of alkyl halides is 1. The van der Waals surface area contributed by atoms with E-state index in [-0.39, 0.29) is 0 Å². The molecule has 0 N–H and O–H groups in total. The quantitative estimate of drug-likeness (QED) is 0.509. The Balaban J connectivity index is 1.72. The van der Waals surface area contributed by atoms with E-state index >= 15 is 0 Å². The zero-order chi connectivity index (χ0) is 14.4. The van der Waals surface area contributed by atoms with Crippen LogP contribution in [0.25, 0.3) is 0 Å². The molecule has 2 saturated carbocycles. The van der Waals surface area contributed by atoms with Crippen molar-refractivity contribution < 1.29 is 4.39 Å². The van der Waals surface area contributed by atoms with E-state index in [4.69, 9.17) is 0 Å². The van der Waals surface area contributed by atoms with Crippen molar-refractivity contribution in [1.29, 1.82) is 0 Å². The Hall–Kier alpha value is -0.0700. The third-order valence-corrected chi connectivity index (χ3v) is 6.16. The van der Waals surface area contributed by atoms with Crippen LogP contribution in [-0.4, -0.2) is 5.67 Å². The summed E-state index contributed by atoms with van der Waals surface area (Å²) in [5.41, 5.74) is -0.800. The van der Waals surface area contributed by atoms with Crippen LogP contribution in [0, 0.1) is 17.8 Å². The van der Waals surface area contributed by atoms with Crippen LogP contribution in [0.15, 0.2) is 0 Å². The Morgan fingerprint density at radius 1 is 0.850 bits per heavy atom. The first-order valence-corrected chi connectivity index (χ1v) is 9.35. The molecule has 118 valence electrons. The van der Waals surface area contributed by atoms with E-state index in [0.717, 1.165) is 49.9 Å². The van der Waals surface area contributed by atoms with Gasteiger partial charge in [-0.15, -0.1) is 0 Å². The maximum atomic E-state index is 14.7. The average Bonchev–Trinajstić information content (AvgIpc) is 2.47. The van der Waals surface area contributed by atoms with Crippen molar-refractivity contribution in [2.45, 2.75) is 103 Å². The largest absolute Gasteiger partial charge is 0.244 e. The van der Waals surface area contributed by atoms with Crippen LogP contribution in [0.1, 0.15) is 97.3 Å². The number of unbranched alkanes of at least 4 members (excludes halogenated alkanes) is 1. The van der Waals surface area contributed by atoms with E-state index < -0.39 is 5.67 Å². The van der Waals surface area contributed by atoms with E-state index in [9.17, 15) is 4.39 Å². The number of hydrogen-bond donors (Lipinski definition) is 0. The molecule has 0 aromatic rings. The molecule has 0 amide bonds. The molecule has 2 fully saturated rings. The number of halogens is 1. The van der Waals surface area contributed by atoms with E-state index in [2.05, 4.69) is 13.8 Å². The summed E-state index contributed by atoms with van der Waals surface area (Å²) in [5, 5.41) is 0. The average molecular weight is 282 g/mol. The highest BCUT2D eigenvalue weighted by molar-refractivity contribution is 4.89. The molecule has 0 heterocycles. The van der Waals surface area contributed by atoms with Crippen LogP contribution in [0.2, 0.25) is 0 Å². The minimum atomic E-state index is -0.800. The van der Waals surface area contributed by atoms with E-state index in [1.165, 1.54) is 51.4 Å². The zero-order valence-electron chi connectivity index (χ0n) is 13.8. The maximum Gasteiger partial charge on any atom is 0.111 e. The lowest BCUT2D eigenvalue weighted by Gasteiger charge is -2.40. The van der Waals surface area contributed by atoms with Gasteiger partial charge in [-0.1, -0.05) is 52.4 Å². The molecule has 2 rings (SSSR count). The van der Waals surface area contributed by atoms with Gasteiger partial charge in [-0.25, -0.2) is 4.39 Å². The summed E-state index contributed by atoms with van der Waals surface area (Å²) in [7, 11) is 0. The molecule has 0 saturated heterocycles. The Labute approximate surface area is 125 Å². The van der Waals surface area contributed by atoms with Crippen LogP contribution in [0.3, 0.4) is 0 Å². The monoisotopic (exact) mass is 282 g/mol. The summed E-state index contributed by atoms with van der Waals surface area (Å²) in [6, 6.07) is 0. The third-order valence-electron chi connectivity index (χ3n) is 6.16. The van der Waals surface area contributed by atoms with Gasteiger partial charge in [-0.2, -0.15) is 0 Å². The van der Waals surface area contributed by atoms with Crippen LogP contribution in [0.4, 0.5) is 4.39 Å².